The van der Waals surface area contributed by atoms with Gasteiger partial charge in [-0.2, -0.15) is 0 Å². The first-order chi connectivity index (χ1) is 15.0. The van der Waals surface area contributed by atoms with Crippen molar-refractivity contribution in [3.63, 3.8) is 0 Å². The van der Waals surface area contributed by atoms with Crippen LogP contribution in [0.5, 0.6) is 11.5 Å². The van der Waals surface area contributed by atoms with Gasteiger partial charge in [0.25, 0.3) is 5.69 Å². The first kappa shape index (κ1) is 21.5. The quantitative estimate of drug-likeness (QED) is 0.223. The minimum absolute atomic E-state index is 0.0811. The van der Waals surface area contributed by atoms with Crippen LogP contribution in [0.2, 0.25) is 0 Å². The monoisotopic (exact) mass is 421 g/mol. The van der Waals surface area contributed by atoms with Crippen LogP contribution in [-0.4, -0.2) is 30.1 Å². The number of rotatable bonds is 9. The molecular formula is C23H19NO7. The lowest BCUT2D eigenvalue weighted by Crippen LogP contribution is -2.18. The summed E-state index contributed by atoms with van der Waals surface area (Å²) in [5, 5.41) is 10.6. The second kappa shape index (κ2) is 10.5. The minimum atomic E-state index is -0.687. The number of carbonyl (C=O) groups excluding carboxylic acids is 2. The molecule has 158 valence electrons. The molecule has 31 heavy (non-hydrogen) atoms. The van der Waals surface area contributed by atoms with E-state index in [1.807, 2.05) is 30.3 Å². The highest BCUT2D eigenvalue weighted by atomic mass is 16.6. The minimum Gasteiger partial charge on any atom is -0.482 e. The molecule has 0 spiro atoms. The summed E-state index contributed by atoms with van der Waals surface area (Å²) in [6.07, 6.45) is 0.598. The molecule has 0 aliphatic carbocycles. The number of esters is 2. The zero-order valence-electron chi connectivity index (χ0n) is 16.4. The Hall–Kier alpha value is -4.20. The molecule has 0 aromatic heterocycles. The molecule has 3 aromatic rings. The number of hydrogen-bond acceptors (Lipinski definition) is 7. The third kappa shape index (κ3) is 6.67. The lowest BCUT2D eigenvalue weighted by molar-refractivity contribution is -0.384. The summed E-state index contributed by atoms with van der Waals surface area (Å²) in [5.41, 5.74) is 1.24. The Balaban J connectivity index is 1.48. The van der Waals surface area contributed by atoms with E-state index in [9.17, 15) is 19.7 Å². The lowest BCUT2D eigenvalue weighted by Gasteiger charge is -2.08. The molecule has 0 N–H and O–H groups in total. The average molecular weight is 421 g/mol. The molecule has 0 radical (unpaired) electrons. The largest absolute Gasteiger partial charge is 0.482 e. The van der Waals surface area contributed by atoms with Crippen molar-refractivity contribution in [2.45, 2.75) is 6.42 Å². The van der Waals surface area contributed by atoms with E-state index in [1.54, 1.807) is 12.1 Å². The summed E-state index contributed by atoms with van der Waals surface area (Å²) >= 11 is 0. The van der Waals surface area contributed by atoms with Crippen LogP contribution in [0.3, 0.4) is 0 Å². The first-order valence-electron chi connectivity index (χ1n) is 9.40. The smallest absolute Gasteiger partial charge is 0.349 e. The molecule has 0 aliphatic rings. The van der Waals surface area contributed by atoms with Gasteiger partial charge in [0.2, 0.25) is 0 Å². The highest BCUT2D eigenvalue weighted by molar-refractivity contribution is 5.90. The fourth-order valence-corrected chi connectivity index (χ4v) is 2.64. The SMILES string of the molecule is O=C(COc1ccc([N+](=O)[O-])cc1)Oc1cccc(C(=O)OCCc2ccccc2)c1. The van der Waals surface area contributed by atoms with Crippen molar-refractivity contribution in [1.29, 1.82) is 0 Å². The molecule has 0 unspecified atom stereocenters. The predicted molar refractivity (Wildman–Crippen MR) is 111 cm³/mol. The van der Waals surface area contributed by atoms with Crippen LogP contribution in [0.25, 0.3) is 0 Å². The normalized spacial score (nSPS) is 10.2. The summed E-state index contributed by atoms with van der Waals surface area (Å²) in [6.45, 7) is -0.167. The average Bonchev–Trinajstić information content (AvgIpc) is 2.79. The molecule has 8 heteroatoms. The van der Waals surface area contributed by atoms with Gasteiger partial charge in [-0.1, -0.05) is 36.4 Å². The molecule has 3 rings (SSSR count). The second-order valence-electron chi connectivity index (χ2n) is 6.41. The van der Waals surface area contributed by atoms with Gasteiger partial charge >= 0.3 is 11.9 Å². The summed E-state index contributed by atoms with van der Waals surface area (Å²) < 4.78 is 15.7. The number of nitro groups is 1. The highest BCUT2D eigenvalue weighted by Gasteiger charge is 2.12. The molecule has 0 aliphatic heterocycles. The fraction of sp³-hybridized carbons (Fsp3) is 0.130. The van der Waals surface area contributed by atoms with Crippen LogP contribution >= 0.6 is 0 Å². The van der Waals surface area contributed by atoms with Crippen molar-refractivity contribution in [2.75, 3.05) is 13.2 Å². The van der Waals surface area contributed by atoms with E-state index in [1.165, 1.54) is 36.4 Å². The number of benzene rings is 3. The van der Waals surface area contributed by atoms with Gasteiger partial charge in [-0.05, 0) is 35.9 Å². The van der Waals surface area contributed by atoms with Crippen molar-refractivity contribution in [3.05, 3.63) is 100 Å². The number of carbonyl (C=O) groups is 2. The van der Waals surface area contributed by atoms with E-state index >= 15 is 0 Å². The maximum absolute atomic E-state index is 12.2. The molecule has 3 aromatic carbocycles. The topological polar surface area (TPSA) is 105 Å². The Kier molecular flexibility index (Phi) is 7.31. The van der Waals surface area contributed by atoms with Crippen molar-refractivity contribution >= 4 is 17.6 Å². The van der Waals surface area contributed by atoms with Crippen molar-refractivity contribution in [1.82, 2.24) is 0 Å². The van der Waals surface area contributed by atoms with Gasteiger partial charge in [0.15, 0.2) is 6.61 Å². The van der Waals surface area contributed by atoms with E-state index in [-0.39, 0.29) is 23.6 Å². The zero-order valence-corrected chi connectivity index (χ0v) is 16.4. The van der Waals surface area contributed by atoms with E-state index in [2.05, 4.69) is 0 Å². The summed E-state index contributed by atoms with van der Waals surface area (Å²) in [6, 6.07) is 21.1. The molecule has 0 bridgehead atoms. The Labute approximate surface area is 178 Å². The molecule has 0 saturated heterocycles. The molecule has 0 atom stereocenters. The van der Waals surface area contributed by atoms with E-state index < -0.39 is 23.5 Å². The lowest BCUT2D eigenvalue weighted by atomic mass is 10.2. The van der Waals surface area contributed by atoms with Crippen molar-refractivity contribution in [2.24, 2.45) is 0 Å². The van der Waals surface area contributed by atoms with E-state index in [0.29, 0.717) is 12.2 Å². The number of nitro benzene ring substituents is 1. The number of hydrogen-bond donors (Lipinski definition) is 0. The van der Waals surface area contributed by atoms with Crippen LogP contribution < -0.4 is 9.47 Å². The second-order valence-corrected chi connectivity index (χ2v) is 6.41. The van der Waals surface area contributed by atoms with Gasteiger partial charge < -0.3 is 14.2 Å². The third-order valence-corrected chi connectivity index (χ3v) is 4.17. The molecular weight excluding hydrogens is 402 g/mol. The zero-order chi connectivity index (χ0) is 22.1. The number of non-ortho nitro benzene ring substituents is 1. The number of nitrogens with zero attached hydrogens (tertiary/aromatic N) is 1. The Morgan fingerprint density at radius 1 is 0.871 bits per heavy atom. The van der Waals surface area contributed by atoms with E-state index in [0.717, 1.165) is 5.56 Å². The Morgan fingerprint density at radius 3 is 2.32 bits per heavy atom. The van der Waals surface area contributed by atoms with Gasteiger partial charge in [0, 0.05) is 18.6 Å². The Morgan fingerprint density at radius 2 is 1.61 bits per heavy atom. The molecule has 0 saturated carbocycles. The Bertz CT molecular complexity index is 1050. The maximum atomic E-state index is 12.2. The van der Waals surface area contributed by atoms with Crippen molar-refractivity contribution < 1.29 is 28.7 Å². The van der Waals surface area contributed by atoms with Crippen molar-refractivity contribution in [3.8, 4) is 11.5 Å². The predicted octanol–water partition coefficient (Wildman–Crippen LogP) is 3.98. The standard InChI is InChI=1S/C23H19NO7/c25-22(16-30-20-11-9-19(10-12-20)24(27)28)31-21-8-4-7-18(15-21)23(26)29-14-13-17-5-2-1-3-6-17/h1-12,15H,13-14,16H2. The van der Waals surface area contributed by atoms with Crippen LogP contribution in [0.4, 0.5) is 5.69 Å². The highest BCUT2D eigenvalue weighted by Crippen LogP contribution is 2.18. The number of ether oxygens (including phenoxy) is 3. The summed E-state index contributed by atoms with van der Waals surface area (Å²) in [5.74, 6) is -0.739. The molecule has 0 amide bonds. The van der Waals surface area contributed by atoms with Gasteiger partial charge in [-0.25, -0.2) is 9.59 Å². The van der Waals surface area contributed by atoms with Crippen LogP contribution in [0.15, 0.2) is 78.9 Å². The molecule has 0 fully saturated rings. The van der Waals surface area contributed by atoms with Crippen LogP contribution in [0.1, 0.15) is 15.9 Å². The van der Waals surface area contributed by atoms with E-state index in [4.69, 9.17) is 14.2 Å². The summed E-state index contributed by atoms with van der Waals surface area (Å²) in [4.78, 5) is 34.3. The molecule has 0 heterocycles. The first-order valence-corrected chi connectivity index (χ1v) is 9.40. The summed E-state index contributed by atoms with van der Waals surface area (Å²) in [7, 11) is 0. The van der Waals surface area contributed by atoms with Gasteiger partial charge in [0.05, 0.1) is 17.1 Å². The van der Waals surface area contributed by atoms with Gasteiger partial charge in [0.1, 0.15) is 11.5 Å². The third-order valence-electron chi connectivity index (χ3n) is 4.17. The van der Waals surface area contributed by atoms with Gasteiger partial charge in [-0.3, -0.25) is 10.1 Å². The fourth-order valence-electron chi connectivity index (χ4n) is 2.64. The van der Waals surface area contributed by atoms with Crippen LogP contribution in [-0.2, 0) is 16.0 Å². The van der Waals surface area contributed by atoms with Crippen LogP contribution in [0, 0.1) is 10.1 Å². The molecule has 8 nitrogen and oxygen atoms in total. The maximum Gasteiger partial charge on any atom is 0.349 e. The van der Waals surface area contributed by atoms with Gasteiger partial charge in [-0.15, -0.1) is 0 Å².